The molecule has 0 fully saturated rings. The predicted molar refractivity (Wildman–Crippen MR) is 138 cm³/mol. The summed E-state index contributed by atoms with van der Waals surface area (Å²) >= 11 is 0. The minimum atomic E-state index is -0.754. The van der Waals surface area contributed by atoms with Crippen molar-refractivity contribution in [1.82, 2.24) is 19.7 Å². The number of hydrogen-bond acceptors (Lipinski definition) is 8. The number of aromatic nitrogens is 3. The van der Waals surface area contributed by atoms with Crippen molar-refractivity contribution in [3.05, 3.63) is 72.7 Å². The molecule has 1 atom stereocenters. The highest BCUT2D eigenvalue weighted by Crippen LogP contribution is 2.41. The molecule has 2 aromatic carbocycles. The Bertz CT molecular complexity index is 1550. The highest BCUT2D eigenvalue weighted by Gasteiger charge is 2.26. The third-order valence-corrected chi connectivity index (χ3v) is 5.78. The number of ether oxygens (including phenoxy) is 3. The van der Waals surface area contributed by atoms with E-state index < -0.39 is 17.8 Å². The van der Waals surface area contributed by atoms with Gasteiger partial charge in [-0.05, 0) is 50.5 Å². The molecule has 4 aromatic rings. The number of pyridine rings is 1. The van der Waals surface area contributed by atoms with Crippen LogP contribution in [0.25, 0.3) is 28.0 Å². The molecule has 194 valence electrons. The van der Waals surface area contributed by atoms with E-state index in [0.717, 1.165) is 18.7 Å². The molecule has 5 rings (SSSR count). The maximum absolute atomic E-state index is 13.7. The maximum atomic E-state index is 13.7. The third kappa shape index (κ3) is 5.25. The quantitative estimate of drug-likeness (QED) is 0.338. The molecule has 2 aromatic heterocycles. The minimum Gasteiger partial charge on any atom is -0.493 e. The van der Waals surface area contributed by atoms with E-state index in [2.05, 4.69) is 16.8 Å². The van der Waals surface area contributed by atoms with Crippen molar-refractivity contribution in [2.24, 2.45) is 5.92 Å². The number of rotatable bonds is 7. The van der Waals surface area contributed by atoms with Crippen LogP contribution in [0.1, 0.15) is 6.92 Å². The van der Waals surface area contributed by atoms with Crippen LogP contribution in [0.3, 0.4) is 0 Å². The lowest BCUT2D eigenvalue weighted by Gasteiger charge is -2.17. The second kappa shape index (κ2) is 10.4. The van der Waals surface area contributed by atoms with Gasteiger partial charge in [-0.1, -0.05) is 13.0 Å². The lowest BCUT2D eigenvalue weighted by molar-refractivity contribution is -0.133. The van der Waals surface area contributed by atoms with Crippen molar-refractivity contribution in [1.29, 1.82) is 0 Å². The highest BCUT2D eigenvalue weighted by atomic mass is 19.1. The molecular weight excluding hydrogens is 491 g/mol. The lowest BCUT2D eigenvalue weighted by Crippen LogP contribution is -2.24. The van der Waals surface area contributed by atoms with E-state index in [1.165, 1.54) is 18.3 Å². The van der Waals surface area contributed by atoms with Gasteiger partial charge in [-0.3, -0.25) is 0 Å². The first-order valence-electron chi connectivity index (χ1n) is 12.0. The van der Waals surface area contributed by atoms with Gasteiger partial charge in [0.1, 0.15) is 17.3 Å². The SMILES string of the molecule is CC(COc1cccc(-n2nc(-c3ccc(F)cc3)c3c4c(cnc32)OC(=O)/C=C\C(=O)O4)c1)CN(C)C. The number of benzene rings is 2. The molecule has 1 aliphatic rings. The van der Waals surface area contributed by atoms with Gasteiger partial charge in [0.2, 0.25) is 0 Å². The van der Waals surface area contributed by atoms with Gasteiger partial charge in [-0.15, -0.1) is 0 Å². The summed E-state index contributed by atoms with van der Waals surface area (Å²) < 4.78 is 32.2. The summed E-state index contributed by atoms with van der Waals surface area (Å²) in [5.74, 6) is -0.981. The molecule has 0 N–H and O–H groups in total. The largest absolute Gasteiger partial charge is 0.493 e. The van der Waals surface area contributed by atoms with Gasteiger partial charge < -0.3 is 19.1 Å². The van der Waals surface area contributed by atoms with Crippen molar-refractivity contribution < 1.29 is 28.2 Å². The summed E-state index contributed by atoms with van der Waals surface area (Å²) in [6.45, 7) is 3.53. The van der Waals surface area contributed by atoms with Crippen LogP contribution in [0.4, 0.5) is 4.39 Å². The number of carbonyl (C=O) groups is 2. The summed E-state index contributed by atoms with van der Waals surface area (Å²) in [4.78, 5) is 31.0. The van der Waals surface area contributed by atoms with Crippen molar-refractivity contribution in [3.63, 3.8) is 0 Å². The van der Waals surface area contributed by atoms with Gasteiger partial charge in [-0.2, -0.15) is 5.10 Å². The van der Waals surface area contributed by atoms with E-state index in [1.807, 2.05) is 38.4 Å². The Kier molecular flexibility index (Phi) is 6.89. The molecule has 9 nitrogen and oxygen atoms in total. The molecule has 38 heavy (non-hydrogen) atoms. The fraction of sp³-hybridized carbons (Fsp3) is 0.214. The van der Waals surface area contributed by atoms with Crippen molar-refractivity contribution in [2.75, 3.05) is 27.2 Å². The van der Waals surface area contributed by atoms with Crippen molar-refractivity contribution >= 4 is 23.0 Å². The zero-order valence-electron chi connectivity index (χ0n) is 21.1. The van der Waals surface area contributed by atoms with E-state index in [-0.39, 0.29) is 11.5 Å². The monoisotopic (exact) mass is 516 g/mol. The summed E-state index contributed by atoms with van der Waals surface area (Å²) in [5, 5.41) is 5.09. The van der Waals surface area contributed by atoms with Crippen LogP contribution in [-0.2, 0) is 9.59 Å². The average Bonchev–Trinajstić information content (AvgIpc) is 3.27. The summed E-state index contributed by atoms with van der Waals surface area (Å²) in [6, 6.07) is 13.1. The molecule has 0 saturated heterocycles. The van der Waals surface area contributed by atoms with Crippen LogP contribution in [-0.4, -0.2) is 58.8 Å². The molecule has 1 aliphatic heterocycles. The third-order valence-electron chi connectivity index (χ3n) is 5.78. The van der Waals surface area contributed by atoms with Crippen LogP contribution >= 0.6 is 0 Å². The maximum Gasteiger partial charge on any atom is 0.336 e. The van der Waals surface area contributed by atoms with Crippen LogP contribution in [0.5, 0.6) is 17.2 Å². The highest BCUT2D eigenvalue weighted by molar-refractivity contribution is 6.03. The Balaban J connectivity index is 1.63. The second-order valence-electron chi connectivity index (χ2n) is 9.27. The average molecular weight is 517 g/mol. The van der Waals surface area contributed by atoms with Crippen molar-refractivity contribution in [3.8, 4) is 34.2 Å². The Morgan fingerprint density at radius 3 is 2.53 bits per heavy atom. The molecule has 0 radical (unpaired) electrons. The topological polar surface area (TPSA) is 95.8 Å². The molecule has 0 amide bonds. The van der Waals surface area contributed by atoms with Gasteiger partial charge >= 0.3 is 11.9 Å². The number of nitrogens with zero attached hydrogens (tertiary/aromatic N) is 4. The van der Waals surface area contributed by atoms with Crippen LogP contribution in [0, 0.1) is 11.7 Å². The smallest absolute Gasteiger partial charge is 0.336 e. The molecule has 0 aliphatic carbocycles. The normalized spacial score (nSPS) is 14.9. The Morgan fingerprint density at radius 2 is 1.79 bits per heavy atom. The van der Waals surface area contributed by atoms with Crippen molar-refractivity contribution in [2.45, 2.75) is 6.92 Å². The number of carbonyl (C=O) groups excluding carboxylic acids is 2. The summed E-state index contributed by atoms with van der Waals surface area (Å²) in [5.41, 5.74) is 1.90. The molecule has 0 spiro atoms. The van der Waals surface area contributed by atoms with Gasteiger partial charge in [0.25, 0.3) is 0 Å². The standard InChI is InChI=1S/C28H25FN4O5/c1-17(15-32(2)3)16-36-21-6-4-5-20(13-21)33-28-25(26(31-33)18-7-9-19(29)10-8-18)27-22(14-30-28)37-23(34)11-12-24(35)38-27/h4-14,17H,15-16H2,1-3H3/b12-11-. The van der Waals surface area contributed by atoms with E-state index in [9.17, 15) is 14.0 Å². The van der Waals surface area contributed by atoms with E-state index >= 15 is 0 Å². The van der Waals surface area contributed by atoms with E-state index in [0.29, 0.717) is 46.3 Å². The number of esters is 2. The fourth-order valence-electron chi connectivity index (χ4n) is 4.24. The molecule has 1 unspecified atom stereocenters. The summed E-state index contributed by atoms with van der Waals surface area (Å²) in [6.07, 6.45) is 3.26. The molecule has 10 heteroatoms. The first-order valence-corrected chi connectivity index (χ1v) is 12.0. The van der Waals surface area contributed by atoms with Gasteiger partial charge in [-0.25, -0.2) is 23.6 Å². The molecule has 0 saturated carbocycles. The predicted octanol–water partition coefficient (Wildman–Crippen LogP) is 4.18. The van der Waals surface area contributed by atoms with Crippen LogP contribution in [0.2, 0.25) is 0 Å². The first kappa shape index (κ1) is 25.1. The van der Waals surface area contributed by atoms with E-state index in [4.69, 9.17) is 19.3 Å². The number of fused-ring (bicyclic) bond motifs is 3. The van der Waals surface area contributed by atoms with E-state index in [1.54, 1.807) is 16.8 Å². The van der Waals surface area contributed by atoms with Gasteiger partial charge in [0, 0.05) is 36.2 Å². The van der Waals surface area contributed by atoms with Crippen LogP contribution in [0.15, 0.2) is 66.9 Å². The Morgan fingerprint density at radius 1 is 1.05 bits per heavy atom. The first-order chi connectivity index (χ1) is 18.3. The van der Waals surface area contributed by atoms with Gasteiger partial charge in [0.15, 0.2) is 17.1 Å². The minimum absolute atomic E-state index is 0.00631. The van der Waals surface area contributed by atoms with Crippen LogP contribution < -0.4 is 14.2 Å². The number of halogens is 1. The zero-order chi connectivity index (χ0) is 26.8. The molecule has 0 bridgehead atoms. The van der Waals surface area contributed by atoms with Gasteiger partial charge in [0.05, 0.1) is 23.9 Å². The summed E-state index contributed by atoms with van der Waals surface area (Å²) in [7, 11) is 4.03. The zero-order valence-corrected chi connectivity index (χ0v) is 21.1. The number of hydrogen-bond donors (Lipinski definition) is 0. The molecule has 3 heterocycles. The molecular formula is C28H25FN4O5. The Labute approximate surface area is 218 Å². The lowest BCUT2D eigenvalue weighted by atomic mass is 10.1. The fourth-order valence-corrected chi connectivity index (χ4v) is 4.24. The second-order valence-corrected chi connectivity index (χ2v) is 9.27. The Hall–Kier alpha value is -4.57.